The summed E-state index contributed by atoms with van der Waals surface area (Å²) in [5.41, 5.74) is 7.47. The Hall–Kier alpha value is -1.35. The lowest BCUT2D eigenvalue weighted by molar-refractivity contribution is 0.632. The van der Waals surface area contributed by atoms with Crippen LogP contribution >= 0.6 is 11.3 Å². The van der Waals surface area contributed by atoms with Crippen molar-refractivity contribution in [2.75, 3.05) is 5.73 Å². The van der Waals surface area contributed by atoms with Crippen LogP contribution in [0.2, 0.25) is 0 Å². The molecule has 2 aromatic rings. The van der Waals surface area contributed by atoms with Crippen molar-refractivity contribution in [2.24, 2.45) is 0 Å². The number of nitrogen functional groups attached to an aromatic ring is 1. The molecule has 2 rings (SSSR count). The molecule has 1 heterocycles. The molecule has 72 valence electrons. The molecule has 0 aliphatic heterocycles. The van der Waals surface area contributed by atoms with E-state index in [0.717, 1.165) is 5.56 Å². The van der Waals surface area contributed by atoms with E-state index in [1.165, 1.54) is 10.9 Å². The summed E-state index contributed by atoms with van der Waals surface area (Å²) in [6, 6.07) is 6.75. The monoisotopic (exact) mass is 207 g/mol. The summed E-state index contributed by atoms with van der Waals surface area (Å²) >= 11 is 1.61. The molecular weight excluding hydrogens is 197 g/mol. The first kappa shape index (κ1) is 9.21. The minimum Gasteiger partial charge on any atom is -0.399 e. The van der Waals surface area contributed by atoms with Gasteiger partial charge in [0, 0.05) is 16.1 Å². The topological polar surface area (TPSA) is 26.0 Å². The van der Waals surface area contributed by atoms with Gasteiger partial charge in [0.15, 0.2) is 0 Å². The number of anilines is 1. The van der Waals surface area contributed by atoms with Crippen LogP contribution in [0.15, 0.2) is 29.6 Å². The molecule has 3 heteroatoms. The summed E-state index contributed by atoms with van der Waals surface area (Å²) in [6.07, 6.45) is 0. The molecule has 2 N–H and O–H groups in total. The maximum absolute atomic E-state index is 13.5. The number of halogens is 1. The Bertz CT molecular complexity index is 462. The van der Waals surface area contributed by atoms with Gasteiger partial charge in [-0.15, -0.1) is 11.3 Å². The summed E-state index contributed by atoms with van der Waals surface area (Å²) in [5.74, 6) is -0.261. The average Bonchev–Trinajstić information content (AvgIpc) is 2.51. The number of hydrogen-bond acceptors (Lipinski definition) is 2. The summed E-state index contributed by atoms with van der Waals surface area (Å²) < 4.78 is 13.5. The molecule has 0 fully saturated rings. The SMILES string of the molecule is Cc1cc(-c2ccc(N)cc2F)cs1. The zero-order valence-electron chi connectivity index (χ0n) is 7.75. The van der Waals surface area contributed by atoms with Crippen LogP contribution in [0.25, 0.3) is 11.1 Å². The first-order valence-corrected chi connectivity index (χ1v) is 5.15. The van der Waals surface area contributed by atoms with Crippen LogP contribution in [0.3, 0.4) is 0 Å². The normalized spacial score (nSPS) is 10.4. The highest BCUT2D eigenvalue weighted by atomic mass is 32.1. The van der Waals surface area contributed by atoms with Crippen LogP contribution < -0.4 is 5.73 Å². The largest absolute Gasteiger partial charge is 0.399 e. The van der Waals surface area contributed by atoms with Crippen LogP contribution in [0.5, 0.6) is 0 Å². The highest BCUT2D eigenvalue weighted by Crippen LogP contribution is 2.28. The third-order valence-electron chi connectivity index (χ3n) is 2.03. The molecule has 0 saturated carbocycles. The number of rotatable bonds is 1. The molecule has 0 atom stereocenters. The van der Waals surface area contributed by atoms with Crippen molar-refractivity contribution in [2.45, 2.75) is 6.92 Å². The fraction of sp³-hybridized carbons (Fsp3) is 0.0909. The van der Waals surface area contributed by atoms with E-state index in [1.807, 2.05) is 18.4 Å². The third-order valence-corrected chi connectivity index (χ3v) is 2.90. The summed E-state index contributed by atoms with van der Waals surface area (Å²) in [5, 5.41) is 1.95. The predicted molar refractivity (Wildman–Crippen MR) is 58.9 cm³/mol. The zero-order chi connectivity index (χ0) is 10.1. The average molecular weight is 207 g/mol. The third kappa shape index (κ3) is 1.63. The summed E-state index contributed by atoms with van der Waals surface area (Å²) in [7, 11) is 0. The van der Waals surface area contributed by atoms with Gasteiger partial charge < -0.3 is 5.73 Å². The van der Waals surface area contributed by atoms with Gasteiger partial charge in [-0.3, -0.25) is 0 Å². The van der Waals surface area contributed by atoms with Gasteiger partial charge in [-0.1, -0.05) is 0 Å². The van der Waals surface area contributed by atoms with Gasteiger partial charge in [0.25, 0.3) is 0 Å². The smallest absolute Gasteiger partial charge is 0.133 e. The Morgan fingerprint density at radius 2 is 2.07 bits per heavy atom. The van der Waals surface area contributed by atoms with E-state index >= 15 is 0 Å². The van der Waals surface area contributed by atoms with Gasteiger partial charge >= 0.3 is 0 Å². The van der Waals surface area contributed by atoms with E-state index in [-0.39, 0.29) is 5.82 Å². The maximum atomic E-state index is 13.5. The Morgan fingerprint density at radius 3 is 2.64 bits per heavy atom. The van der Waals surface area contributed by atoms with Crippen molar-refractivity contribution < 1.29 is 4.39 Å². The van der Waals surface area contributed by atoms with E-state index < -0.39 is 0 Å². The zero-order valence-corrected chi connectivity index (χ0v) is 8.57. The fourth-order valence-electron chi connectivity index (χ4n) is 1.35. The molecule has 0 spiro atoms. The van der Waals surface area contributed by atoms with Gasteiger partial charge in [0.1, 0.15) is 5.82 Å². The molecule has 0 aliphatic rings. The van der Waals surface area contributed by atoms with Crippen LogP contribution in [0, 0.1) is 12.7 Å². The highest BCUT2D eigenvalue weighted by molar-refractivity contribution is 7.10. The standard InChI is InChI=1S/C11H10FNS/c1-7-4-8(6-14-7)10-3-2-9(13)5-11(10)12/h2-6H,13H2,1H3. The predicted octanol–water partition coefficient (Wildman–Crippen LogP) is 3.44. The Morgan fingerprint density at radius 1 is 1.29 bits per heavy atom. The number of nitrogens with two attached hydrogens (primary N) is 1. The molecule has 0 saturated heterocycles. The van der Waals surface area contributed by atoms with E-state index in [0.29, 0.717) is 11.3 Å². The maximum Gasteiger partial charge on any atom is 0.133 e. The molecule has 0 aliphatic carbocycles. The minimum absolute atomic E-state index is 0.261. The molecule has 0 radical (unpaired) electrons. The Kier molecular flexibility index (Phi) is 2.25. The van der Waals surface area contributed by atoms with E-state index in [1.54, 1.807) is 23.5 Å². The molecule has 1 nitrogen and oxygen atoms in total. The second-order valence-corrected chi connectivity index (χ2v) is 4.30. The number of benzene rings is 1. The molecule has 0 bridgehead atoms. The van der Waals surface area contributed by atoms with E-state index in [9.17, 15) is 4.39 Å². The van der Waals surface area contributed by atoms with Crippen molar-refractivity contribution in [3.8, 4) is 11.1 Å². The highest BCUT2D eigenvalue weighted by Gasteiger charge is 2.06. The van der Waals surface area contributed by atoms with E-state index in [2.05, 4.69) is 0 Å². The molecule has 1 aromatic carbocycles. The quantitative estimate of drug-likeness (QED) is 0.712. The van der Waals surface area contributed by atoms with Gasteiger partial charge in [-0.25, -0.2) is 4.39 Å². The van der Waals surface area contributed by atoms with Crippen molar-refractivity contribution in [1.82, 2.24) is 0 Å². The molecule has 1 aromatic heterocycles. The van der Waals surface area contributed by atoms with Gasteiger partial charge in [0.2, 0.25) is 0 Å². The summed E-state index contributed by atoms with van der Waals surface area (Å²) in [4.78, 5) is 1.18. The molecular formula is C11H10FNS. The minimum atomic E-state index is -0.261. The Labute approximate surface area is 86.0 Å². The second kappa shape index (κ2) is 3.42. The van der Waals surface area contributed by atoms with Crippen LogP contribution in [0.1, 0.15) is 4.88 Å². The lowest BCUT2D eigenvalue weighted by Gasteiger charge is -2.00. The first-order valence-electron chi connectivity index (χ1n) is 4.27. The molecule has 14 heavy (non-hydrogen) atoms. The lowest BCUT2D eigenvalue weighted by Crippen LogP contribution is -1.88. The van der Waals surface area contributed by atoms with Crippen molar-refractivity contribution in [3.05, 3.63) is 40.3 Å². The van der Waals surface area contributed by atoms with Crippen molar-refractivity contribution in [3.63, 3.8) is 0 Å². The van der Waals surface area contributed by atoms with Crippen molar-refractivity contribution in [1.29, 1.82) is 0 Å². The van der Waals surface area contributed by atoms with Gasteiger partial charge in [-0.05, 0) is 42.1 Å². The number of thiophene rings is 1. The second-order valence-electron chi connectivity index (χ2n) is 3.19. The Balaban J connectivity index is 2.52. The number of aryl methyl sites for hydroxylation is 1. The molecule has 0 unspecified atom stereocenters. The summed E-state index contributed by atoms with van der Waals surface area (Å²) in [6.45, 7) is 2.00. The van der Waals surface area contributed by atoms with Gasteiger partial charge in [-0.2, -0.15) is 0 Å². The van der Waals surface area contributed by atoms with Gasteiger partial charge in [0.05, 0.1) is 0 Å². The number of hydrogen-bond donors (Lipinski definition) is 1. The van der Waals surface area contributed by atoms with E-state index in [4.69, 9.17) is 5.73 Å². The lowest BCUT2D eigenvalue weighted by atomic mass is 10.1. The van der Waals surface area contributed by atoms with Crippen LogP contribution in [0.4, 0.5) is 10.1 Å². The molecule has 0 amide bonds. The first-order chi connectivity index (χ1) is 6.66. The fourth-order valence-corrected chi connectivity index (χ4v) is 2.05. The van der Waals surface area contributed by atoms with Crippen LogP contribution in [-0.2, 0) is 0 Å². The van der Waals surface area contributed by atoms with Crippen molar-refractivity contribution >= 4 is 17.0 Å². The van der Waals surface area contributed by atoms with Crippen LogP contribution in [-0.4, -0.2) is 0 Å².